The van der Waals surface area contributed by atoms with Crippen LogP contribution in [0.1, 0.15) is 36.2 Å². The number of anilines is 1. The molecule has 0 unspecified atom stereocenters. The number of carbonyl (C=O) groups is 2. The number of hydrogen-bond donors (Lipinski definition) is 1. The van der Waals surface area contributed by atoms with Gasteiger partial charge in [-0.1, -0.05) is 6.92 Å². The Bertz CT molecular complexity index is 397. The Hall–Kier alpha value is -1.64. The predicted molar refractivity (Wildman–Crippen MR) is 60.1 cm³/mol. The summed E-state index contributed by atoms with van der Waals surface area (Å²) in [7, 11) is 0. The lowest BCUT2D eigenvalue weighted by Crippen LogP contribution is -2.10. The standard InChI is InChI=1S/C12H15NO2/c1-4-12(15)13-11-6-5-10(9(3)14)7-8(11)2/h5-7H,4H2,1-3H3,(H,13,15). The third-order valence-corrected chi connectivity index (χ3v) is 2.23. The van der Waals surface area contributed by atoms with Crippen molar-refractivity contribution in [3.8, 4) is 0 Å². The second-order valence-corrected chi connectivity index (χ2v) is 3.49. The minimum atomic E-state index is -0.0197. The number of benzene rings is 1. The van der Waals surface area contributed by atoms with E-state index in [1.165, 1.54) is 6.92 Å². The van der Waals surface area contributed by atoms with Crippen LogP contribution in [0.25, 0.3) is 0 Å². The van der Waals surface area contributed by atoms with E-state index in [0.717, 1.165) is 11.3 Å². The van der Waals surface area contributed by atoms with Crippen LogP contribution in [0.4, 0.5) is 5.69 Å². The molecule has 0 aliphatic carbocycles. The summed E-state index contributed by atoms with van der Waals surface area (Å²) in [6.07, 6.45) is 0.452. The van der Waals surface area contributed by atoms with Crippen molar-refractivity contribution in [3.63, 3.8) is 0 Å². The van der Waals surface area contributed by atoms with Crippen LogP contribution in [0, 0.1) is 6.92 Å². The van der Waals surface area contributed by atoms with Gasteiger partial charge in [-0.25, -0.2) is 0 Å². The number of Topliss-reactive ketones (excluding diaryl/α,β-unsaturated/α-hetero) is 1. The van der Waals surface area contributed by atoms with Crippen LogP contribution < -0.4 is 5.32 Å². The minimum absolute atomic E-state index is 0.0197. The first-order chi connectivity index (χ1) is 7.04. The molecule has 0 saturated carbocycles. The lowest BCUT2D eigenvalue weighted by molar-refractivity contribution is -0.115. The third-order valence-electron chi connectivity index (χ3n) is 2.23. The highest BCUT2D eigenvalue weighted by molar-refractivity contribution is 5.96. The van der Waals surface area contributed by atoms with Crippen molar-refractivity contribution in [1.29, 1.82) is 0 Å². The molecule has 0 radical (unpaired) electrons. The van der Waals surface area contributed by atoms with Gasteiger partial charge in [0.2, 0.25) is 5.91 Å². The van der Waals surface area contributed by atoms with Gasteiger partial charge in [-0.3, -0.25) is 9.59 Å². The number of amides is 1. The van der Waals surface area contributed by atoms with Gasteiger partial charge in [0.05, 0.1) is 0 Å². The van der Waals surface area contributed by atoms with E-state index in [9.17, 15) is 9.59 Å². The molecule has 80 valence electrons. The van der Waals surface area contributed by atoms with Gasteiger partial charge in [0.25, 0.3) is 0 Å². The maximum absolute atomic E-state index is 11.2. The molecule has 15 heavy (non-hydrogen) atoms. The van der Waals surface area contributed by atoms with Crippen molar-refractivity contribution in [2.75, 3.05) is 5.32 Å². The van der Waals surface area contributed by atoms with Crippen LogP contribution in [0.15, 0.2) is 18.2 Å². The van der Waals surface area contributed by atoms with Crippen molar-refractivity contribution >= 4 is 17.4 Å². The Morgan fingerprint density at radius 1 is 1.33 bits per heavy atom. The largest absolute Gasteiger partial charge is 0.326 e. The average molecular weight is 205 g/mol. The molecule has 1 rings (SSSR count). The Balaban J connectivity index is 2.93. The van der Waals surface area contributed by atoms with Gasteiger partial charge >= 0.3 is 0 Å². The highest BCUT2D eigenvalue weighted by atomic mass is 16.1. The molecule has 0 bridgehead atoms. The molecule has 1 aromatic carbocycles. The molecule has 0 aliphatic rings. The smallest absolute Gasteiger partial charge is 0.224 e. The van der Waals surface area contributed by atoms with Crippen molar-refractivity contribution in [3.05, 3.63) is 29.3 Å². The number of ketones is 1. The first-order valence-corrected chi connectivity index (χ1v) is 4.96. The fraction of sp³-hybridized carbons (Fsp3) is 0.333. The highest BCUT2D eigenvalue weighted by Crippen LogP contribution is 2.16. The van der Waals surface area contributed by atoms with Crippen molar-refractivity contribution in [1.82, 2.24) is 0 Å². The number of aryl methyl sites for hydroxylation is 1. The van der Waals surface area contributed by atoms with Gasteiger partial charge in [-0.2, -0.15) is 0 Å². The maximum Gasteiger partial charge on any atom is 0.224 e. The van der Waals surface area contributed by atoms with Gasteiger partial charge in [0.1, 0.15) is 0 Å². The fourth-order valence-corrected chi connectivity index (χ4v) is 1.26. The van der Waals surface area contributed by atoms with Crippen LogP contribution in [0.2, 0.25) is 0 Å². The number of hydrogen-bond acceptors (Lipinski definition) is 2. The molecule has 0 spiro atoms. The highest BCUT2D eigenvalue weighted by Gasteiger charge is 2.05. The quantitative estimate of drug-likeness (QED) is 0.771. The monoisotopic (exact) mass is 205 g/mol. The summed E-state index contributed by atoms with van der Waals surface area (Å²) in [5.41, 5.74) is 2.35. The van der Waals surface area contributed by atoms with Gasteiger partial charge in [-0.15, -0.1) is 0 Å². The fourth-order valence-electron chi connectivity index (χ4n) is 1.26. The summed E-state index contributed by atoms with van der Waals surface area (Å²) in [6, 6.07) is 5.27. The summed E-state index contributed by atoms with van der Waals surface area (Å²) in [5, 5.41) is 2.78. The zero-order valence-corrected chi connectivity index (χ0v) is 9.26. The van der Waals surface area contributed by atoms with E-state index in [0.29, 0.717) is 12.0 Å². The van der Waals surface area contributed by atoms with E-state index < -0.39 is 0 Å². The molecule has 0 atom stereocenters. The van der Waals surface area contributed by atoms with Gasteiger partial charge in [0.15, 0.2) is 5.78 Å². The van der Waals surface area contributed by atoms with Crippen LogP contribution in [-0.2, 0) is 4.79 Å². The Morgan fingerprint density at radius 3 is 2.47 bits per heavy atom. The molecule has 0 aromatic heterocycles. The Labute approximate surface area is 89.5 Å². The minimum Gasteiger partial charge on any atom is -0.326 e. The molecule has 0 saturated heterocycles. The topological polar surface area (TPSA) is 46.2 Å². The van der Waals surface area contributed by atoms with Gasteiger partial charge in [0, 0.05) is 17.7 Å². The van der Waals surface area contributed by atoms with Gasteiger partial charge in [-0.05, 0) is 37.6 Å². The molecule has 3 nitrogen and oxygen atoms in total. The lowest BCUT2D eigenvalue weighted by Gasteiger charge is -2.08. The molecule has 1 aromatic rings. The van der Waals surface area contributed by atoms with E-state index in [1.807, 2.05) is 6.92 Å². The molecule has 1 N–H and O–H groups in total. The van der Waals surface area contributed by atoms with Gasteiger partial charge < -0.3 is 5.32 Å². The van der Waals surface area contributed by atoms with E-state index in [4.69, 9.17) is 0 Å². The van der Waals surface area contributed by atoms with Crippen molar-refractivity contribution < 1.29 is 9.59 Å². The average Bonchev–Trinajstić information content (AvgIpc) is 2.20. The molecule has 3 heteroatoms. The SMILES string of the molecule is CCC(=O)Nc1ccc(C(C)=O)cc1C. The molecule has 0 aliphatic heterocycles. The van der Waals surface area contributed by atoms with E-state index >= 15 is 0 Å². The zero-order chi connectivity index (χ0) is 11.4. The molecular weight excluding hydrogens is 190 g/mol. The van der Waals surface area contributed by atoms with E-state index in [-0.39, 0.29) is 11.7 Å². The Kier molecular flexibility index (Phi) is 3.61. The van der Waals surface area contributed by atoms with Crippen LogP contribution >= 0.6 is 0 Å². The van der Waals surface area contributed by atoms with Crippen LogP contribution in [-0.4, -0.2) is 11.7 Å². The predicted octanol–water partition coefficient (Wildman–Crippen LogP) is 2.55. The summed E-state index contributed by atoms with van der Waals surface area (Å²) in [6.45, 7) is 5.20. The summed E-state index contributed by atoms with van der Waals surface area (Å²) in [4.78, 5) is 22.3. The summed E-state index contributed by atoms with van der Waals surface area (Å²) >= 11 is 0. The number of nitrogens with one attached hydrogen (secondary N) is 1. The first-order valence-electron chi connectivity index (χ1n) is 4.96. The van der Waals surface area contributed by atoms with Crippen molar-refractivity contribution in [2.24, 2.45) is 0 Å². The second-order valence-electron chi connectivity index (χ2n) is 3.49. The molecule has 1 amide bonds. The first kappa shape index (κ1) is 11.4. The maximum atomic E-state index is 11.2. The van der Waals surface area contributed by atoms with Crippen molar-refractivity contribution in [2.45, 2.75) is 27.2 Å². The van der Waals surface area contributed by atoms with E-state index in [1.54, 1.807) is 25.1 Å². The third kappa shape index (κ3) is 2.91. The summed E-state index contributed by atoms with van der Waals surface area (Å²) < 4.78 is 0. The molecule has 0 heterocycles. The lowest BCUT2D eigenvalue weighted by atomic mass is 10.1. The van der Waals surface area contributed by atoms with Crippen LogP contribution in [0.3, 0.4) is 0 Å². The molecular formula is C12H15NO2. The zero-order valence-electron chi connectivity index (χ0n) is 9.26. The normalized spacial score (nSPS) is 9.80. The Morgan fingerprint density at radius 2 is 2.00 bits per heavy atom. The summed E-state index contributed by atoms with van der Waals surface area (Å²) in [5.74, 6) is 0.0140. The van der Waals surface area contributed by atoms with E-state index in [2.05, 4.69) is 5.32 Å². The number of rotatable bonds is 3. The number of carbonyl (C=O) groups excluding carboxylic acids is 2. The van der Waals surface area contributed by atoms with Crippen LogP contribution in [0.5, 0.6) is 0 Å². The molecule has 0 fully saturated rings. The second kappa shape index (κ2) is 4.73.